The highest BCUT2D eigenvalue weighted by Gasteiger charge is 2.15. The van der Waals surface area contributed by atoms with Crippen molar-refractivity contribution in [3.63, 3.8) is 0 Å². The summed E-state index contributed by atoms with van der Waals surface area (Å²) in [7, 11) is 3.09. The number of hydrogen-bond acceptors (Lipinski definition) is 5. The number of carbonyl (C=O) groups excluding carboxylic acids is 1. The van der Waals surface area contributed by atoms with Gasteiger partial charge in [0.1, 0.15) is 0 Å². The fourth-order valence-corrected chi connectivity index (χ4v) is 2.44. The fourth-order valence-electron chi connectivity index (χ4n) is 2.44. The van der Waals surface area contributed by atoms with Gasteiger partial charge >= 0.3 is 5.97 Å². The van der Waals surface area contributed by atoms with Crippen LogP contribution in [-0.4, -0.2) is 38.3 Å². The van der Waals surface area contributed by atoms with Gasteiger partial charge in [0, 0.05) is 42.6 Å². The molecule has 0 amide bonds. The average Bonchev–Trinajstić information content (AvgIpc) is 2.53. The summed E-state index contributed by atoms with van der Waals surface area (Å²) in [6, 6.07) is 7.93. The molecule has 1 aromatic carbocycles. The van der Waals surface area contributed by atoms with Crippen molar-refractivity contribution in [2.45, 2.75) is 19.8 Å². The van der Waals surface area contributed by atoms with Crippen LogP contribution >= 0.6 is 0 Å². The van der Waals surface area contributed by atoms with Gasteiger partial charge in [0.25, 0.3) is 0 Å². The number of anilines is 1. The number of esters is 1. The summed E-state index contributed by atoms with van der Waals surface area (Å²) in [6.07, 6.45) is 1.11. The number of aromatic nitrogens is 1. The van der Waals surface area contributed by atoms with Gasteiger partial charge in [0.15, 0.2) is 0 Å². The molecule has 2 rings (SSSR count). The Morgan fingerprint density at radius 1 is 1.27 bits per heavy atom. The molecule has 5 nitrogen and oxygen atoms in total. The molecule has 22 heavy (non-hydrogen) atoms. The van der Waals surface area contributed by atoms with Crippen molar-refractivity contribution in [2.24, 2.45) is 0 Å². The lowest BCUT2D eigenvalue weighted by molar-refractivity contribution is -0.139. The maximum atomic E-state index is 11.7. The van der Waals surface area contributed by atoms with Gasteiger partial charge in [-0.25, -0.2) is 0 Å². The van der Waals surface area contributed by atoms with Crippen molar-refractivity contribution < 1.29 is 14.3 Å². The van der Waals surface area contributed by atoms with Gasteiger partial charge < -0.3 is 14.8 Å². The molecule has 2 aromatic rings. The predicted octanol–water partition coefficient (Wildman–Crippen LogP) is 2.71. The number of pyridine rings is 1. The van der Waals surface area contributed by atoms with Crippen LogP contribution in [0.15, 0.2) is 24.3 Å². The topological polar surface area (TPSA) is 60.5 Å². The van der Waals surface area contributed by atoms with Gasteiger partial charge in [-0.1, -0.05) is 18.2 Å². The number of methoxy groups -OCH3 is 2. The molecule has 1 N–H and O–H groups in total. The van der Waals surface area contributed by atoms with Crippen molar-refractivity contribution in [1.29, 1.82) is 0 Å². The minimum absolute atomic E-state index is 0.215. The number of nitrogens with one attached hydrogen (secondary N) is 1. The van der Waals surface area contributed by atoms with E-state index in [-0.39, 0.29) is 12.4 Å². The molecule has 1 aromatic heterocycles. The van der Waals surface area contributed by atoms with Crippen LogP contribution in [0, 0.1) is 6.92 Å². The van der Waals surface area contributed by atoms with E-state index < -0.39 is 0 Å². The number of rotatable bonds is 7. The lowest BCUT2D eigenvalue weighted by Crippen LogP contribution is -2.13. The third-order valence-corrected chi connectivity index (χ3v) is 3.58. The normalized spacial score (nSPS) is 10.7. The Kier molecular flexibility index (Phi) is 5.72. The molecule has 0 atom stereocenters. The summed E-state index contributed by atoms with van der Waals surface area (Å²) in [4.78, 5) is 16.3. The van der Waals surface area contributed by atoms with Crippen molar-refractivity contribution >= 4 is 22.6 Å². The summed E-state index contributed by atoms with van der Waals surface area (Å²) in [5.41, 5.74) is 3.62. The van der Waals surface area contributed by atoms with Crippen LogP contribution in [0.5, 0.6) is 0 Å². The summed E-state index contributed by atoms with van der Waals surface area (Å²) in [5, 5.41) is 4.45. The largest absolute Gasteiger partial charge is 0.469 e. The zero-order valence-corrected chi connectivity index (χ0v) is 13.3. The van der Waals surface area contributed by atoms with E-state index in [0.29, 0.717) is 6.61 Å². The first-order chi connectivity index (χ1) is 10.7. The SMILES string of the molecule is COCCCNc1c(CC(=O)OC)c(C)nc2ccccc12. The van der Waals surface area contributed by atoms with E-state index in [4.69, 9.17) is 9.47 Å². The zero-order chi connectivity index (χ0) is 15.9. The van der Waals surface area contributed by atoms with E-state index in [1.54, 1.807) is 7.11 Å². The predicted molar refractivity (Wildman–Crippen MR) is 87.2 cm³/mol. The van der Waals surface area contributed by atoms with Crippen molar-refractivity contribution in [3.05, 3.63) is 35.5 Å². The Morgan fingerprint density at radius 2 is 2.05 bits per heavy atom. The Bertz CT molecular complexity index is 656. The third kappa shape index (κ3) is 3.74. The van der Waals surface area contributed by atoms with Crippen LogP contribution < -0.4 is 5.32 Å². The summed E-state index contributed by atoms with van der Waals surface area (Å²) < 4.78 is 9.88. The van der Waals surface area contributed by atoms with Gasteiger partial charge in [-0.2, -0.15) is 0 Å². The standard InChI is InChI=1S/C17H22N2O3/c1-12-14(11-16(20)22-3)17(18-9-6-10-21-2)13-7-4-5-8-15(13)19-12/h4-5,7-8H,6,9-11H2,1-3H3,(H,18,19). The van der Waals surface area contributed by atoms with E-state index in [0.717, 1.165) is 40.8 Å². The molecule has 0 aliphatic heterocycles. The zero-order valence-electron chi connectivity index (χ0n) is 13.3. The third-order valence-electron chi connectivity index (χ3n) is 3.58. The molecule has 0 fully saturated rings. The maximum absolute atomic E-state index is 11.7. The molecule has 0 radical (unpaired) electrons. The molecule has 0 spiro atoms. The van der Waals surface area contributed by atoms with Crippen LogP contribution in [0.3, 0.4) is 0 Å². The van der Waals surface area contributed by atoms with Gasteiger partial charge in [-0.3, -0.25) is 9.78 Å². The molecule has 1 heterocycles. The van der Waals surface area contributed by atoms with Crippen molar-refractivity contribution in [2.75, 3.05) is 32.7 Å². The second kappa shape index (κ2) is 7.75. The van der Waals surface area contributed by atoms with Gasteiger partial charge in [0.05, 0.1) is 19.0 Å². The molecular formula is C17H22N2O3. The molecule has 0 bridgehead atoms. The molecule has 118 valence electrons. The lowest BCUT2D eigenvalue weighted by atomic mass is 10.0. The first-order valence-electron chi connectivity index (χ1n) is 7.35. The Labute approximate surface area is 130 Å². The molecule has 0 unspecified atom stereocenters. The minimum Gasteiger partial charge on any atom is -0.469 e. The van der Waals surface area contributed by atoms with Crippen LogP contribution in [0.2, 0.25) is 0 Å². The van der Waals surface area contributed by atoms with Gasteiger partial charge in [-0.05, 0) is 19.4 Å². The Hall–Kier alpha value is -2.14. The summed E-state index contributed by atoms with van der Waals surface area (Å²) in [5.74, 6) is -0.264. The molecule has 0 aliphatic carbocycles. The second-order valence-corrected chi connectivity index (χ2v) is 5.09. The molecular weight excluding hydrogens is 280 g/mol. The lowest BCUT2D eigenvalue weighted by Gasteiger charge is -2.16. The number of benzene rings is 1. The summed E-state index contributed by atoms with van der Waals surface area (Å²) >= 11 is 0. The highest BCUT2D eigenvalue weighted by molar-refractivity contribution is 5.95. The molecule has 0 saturated carbocycles. The smallest absolute Gasteiger partial charge is 0.310 e. The number of fused-ring (bicyclic) bond motifs is 1. The highest BCUT2D eigenvalue weighted by atomic mass is 16.5. The second-order valence-electron chi connectivity index (χ2n) is 5.09. The quantitative estimate of drug-likeness (QED) is 0.629. The van der Waals surface area contributed by atoms with Crippen LogP contribution in [0.4, 0.5) is 5.69 Å². The van der Waals surface area contributed by atoms with E-state index in [1.807, 2.05) is 31.2 Å². The van der Waals surface area contributed by atoms with E-state index in [2.05, 4.69) is 10.3 Å². The molecule has 0 aliphatic rings. The number of carbonyl (C=O) groups is 1. The van der Waals surface area contributed by atoms with Gasteiger partial charge in [0.2, 0.25) is 0 Å². The van der Waals surface area contributed by atoms with E-state index in [1.165, 1.54) is 7.11 Å². The number of para-hydroxylation sites is 1. The van der Waals surface area contributed by atoms with Crippen molar-refractivity contribution in [3.8, 4) is 0 Å². The number of ether oxygens (including phenoxy) is 2. The Morgan fingerprint density at radius 3 is 2.77 bits per heavy atom. The maximum Gasteiger partial charge on any atom is 0.310 e. The first kappa shape index (κ1) is 16.2. The van der Waals surface area contributed by atoms with Crippen LogP contribution in [0.25, 0.3) is 10.9 Å². The molecule has 5 heteroatoms. The number of aryl methyl sites for hydroxylation is 1. The van der Waals surface area contributed by atoms with E-state index in [9.17, 15) is 4.79 Å². The average molecular weight is 302 g/mol. The van der Waals surface area contributed by atoms with Gasteiger partial charge in [-0.15, -0.1) is 0 Å². The van der Waals surface area contributed by atoms with Crippen LogP contribution in [-0.2, 0) is 20.7 Å². The monoisotopic (exact) mass is 302 g/mol. The number of nitrogens with zero attached hydrogens (tertiary/aromatic N) is 1. The number of hydrogen-bond donors (Lipinski definition) is 1. The fraction of sp³-hybridized carbons (Fsp3) is 0.412. The highest BCUT2D eigenvalue weighted by Crippen LogP contribution is 2.29. The minimum atomic E-state index is -0.264. The van der Waals surface area contributed by atoms with Crippen LogP contribution in [0.1, 0.15) is 17.7 Å². The Balaban J connectivity index is 2.40. The molecule has 0 saturated heterocycles. The summed E-state index contributed by atoms with van der Waals surface area (Å²) in [6.45, 7) is 3.39. The van der Waals surface area contributed by atoms with Crippen molar-refractivity contribution in [1.82, 2.24) is 4.98 Å². The van der Waals surface area contributed by atoms with E-state index >= 15 is 0 Å². The first-order valence-corrected chi connectivity index (χ1v) is 7.35.